The van der Waals surface area contributed by atoms with Crippen LogP contribution in [0.15, 0.2) is 29.2 Å². The van der Waals surface area contributed by atoms with Crippen LogP contribution in [0.1, 0.15) is 44.0 Å². The first kappa shape index (κ1) is 19.6. The first-order valence-electron chi connectivity index (χ1n) is 8.19. The number of carbonyl (C=O) groups excluding carboxylic acids is 2. The summed E-state index contributed by atoms with van der Waals surface area (Å²) in [7, 11) is -3.33. The van der Waals surface area contributed by atoms with Gasteiger partial charge in [0.25, 0.3) is 0 Å². The normalized spacial score (nSPS) is 16.3. The SMILES string of the molecule is CC(OCC(=O)OC(C)(C)C(=O)c1ccc(S(C)(=O)=O)cc1)C1CC1. The van der Waals surface area contributed by atoms with Crippen LogP contribution in [0, 0.1) is 5.92 Å². The van der Waals surface area contributed by atoms with E-state index in [1.807, 2.05) is 6.92 Å². The number of ketones is 1. The van der Waals surface area contributed by atoms with E-state index >= 15 is 0 Å². The van der Waals surface area contributed by atoms with Crippen molar-refractivity contribution < 1.29 is 27.5 Å². The highest BCUT2D eigenvalue weighted by Crippen LogP contribution is 2.34. The largest absolute Gasteiger partial charge is 0.450 e. The van der Waals surface area contributed by atoms with Crippen molar-refractivity contribution in [2.24, 2.45) is 5.92 Å². The molecule has 138 valence electrons. The molecule has 6 nitrogen and oxygen atoms in total. The summed E-state index contributed by atoms with van der Waals surface area (Å²) in [5, 5.41) is 0. The van der Waals surface area contributed by atoms with Gasteiger partial charge in [0.2, 0.25) is 5.78 Å². The Morgan fingerprint density at radius 3 is 2.24 bits per heavy atom. The van der Waals surface area contributed by atoms with E-state index in [2.05, 4.69) is 0 Å². The van der Waals surface area contributed by atoms with Crippen LogP contribution in [0.25, 0.3) is 0 Å². The average molecular weight is 368 g/mol. The quantitative estimate of drug-likeness (QED) is 0.517. The molecule has 0 N–H and O–H groups in total. The summed E-state index contributed by atoms with van der Waals surface area (Å²) in [5.74, 6) is -0.495. The maximum Gasteiger partial charge on any atom is 0.333 e. The third kappa shape index (κ3) is 5.37. The number of hydrogen-bond acceptors (Lipinski definition) is 6. The predicted molar refractivity (Wildman–Crippen MR) is 92.2 cm³/mol. The molecule has 1 aromatic rings. The molecule has 0 bridgehead atoms. The molecule has 1 saturated carbocycles. The Bertz CT molecular complexity index is 744. The number of esters is 1. The number of Topliss-reactive ketones (excluding diaryl/α,β-unsaturated/α-hetero) is 1. The van der Waals surface area contributed by atoms with Crippen LogP contribution in [0.5, 0.6) is 0 Å². The highest BCUT2D eigenvalue weighted by atomic mass is 32.2. The van der Waals surface area contributed by atoms with E-state index in [1.165, 1.54) is 38.1 Å². The zero-order chi connectivity index (χ0) is 18.8. The maximum absolute atomic E-state index is 12.6. The Balaban J connectivity index is 1.97. The zero-order valence-corrected chi connectivity index (χ0v) is 15.8. The van der Waals surface area contributed by atoms with E-state index in [0.29, 0.717) is 5.92 Å². The van der Waals surface area contributed by atoms with Gasteiger partial charge in [0.1, 0.15) is 6.61 Å². The molecule has 2 rings (SSSR count). The Morgan fingerprint density at radius 1 is 1.20 bits per heavy atom. The fourth-order valence-electron chi connectivity index (χ4n) is 2.46. The molecule has 0 saturated heterocycles. The number of benzene rings is 1. The van der Waals surface area contributed by atoms with Gasteiger partial charge in [-0.05, 0) is 63.8 Å². The molecule has 7 heteroatoms. The van der Waals surface area contributed by atoms with Crippen LogP contribution in [0.4, 0.5) is 0 Å². The molecular weight excluding hydrogens is 344 g/mol. The molecule has 1 aliphatic carbocycles. The third-order valence-electron chi connectivity index (χ3n) is 4.21. The zero-order valence-electron chi connectivity index (χ0n) is 14.9. The van der Waals surface area contributed by atoms with Crippen LogP contribution in [0.3, 0.4) is 0 Å². The first-order valence-corrected chi connectivity index (χ1v) is 10.1. The van der Waals surface area contributed by atoms with Crippen LogP contribution in [0.2, 0.25) is 0 Å². The standard InChI is InChI=1S/C18H24O6S/c1-12(13-5-6-13)23-11-16(19)24-18(2,3)17(20)14-7-9-15(10-8-14)25(4,21)22/h7-10,12-13H,5-6,11H2,1-4H3. The summed E-state index contributed by atoms with van der Waals surface area (Å²) in [4.78, 5) is 24.6. The Labute approximate surface area is 148 Å². The summed E-state index contributed by atoms with van der Waals surface area (Å²) < 4.78 is 33.7. The van der Waals surface area contributed by atoms with E-state index in [1.54, 1.807) is 0 Å². The monoisotopic (exact) mass is 368 g/mol. The number of rotatable bonds is 8. The lowest BCUT2D eigenvalue weighted by Crippen LogP contribution is -2.38. The van der Waals surface area contributed by atoms with Gasteiger partial charge in [-0.1, -0.05) is 0 Å². The van der Waals surface area contributed by atoms with Gasteiger partial charge in [0, 0.05) is 11.8 Å². The Kier molecular flexibility index (Phi) is 5.68. The van der Waals surface area contributed by atoms with Crippen molar-refractivity contribution in [1.29, 1.82) is 0 Å². The molecule has 1 atom stereocenters. The van der Waals surface area contributed by atoms with Crippen molar-refractivity contribution in [3.8, 4) is 0 Å². The lowest BCUT2D eigenvalue weighted by atomic mass is 9.96. The summed E-state index contributed by atoms with van der Waals surface area (Å²) in [6, 6.07) is 5.56. The van der Waals surface area contributed by atoms with Gasteiger partial charge in [0.05, 0.1) is 11.0 Å². The second-order valence-corrected chi connectivity index (χ2v) is 8.98. The number of carbonyl (C=O) groups is 2. The van der Waals surface area contributed by atoms with Gasteiger partial charge in [0.15, 0.2) is 15.4 Å². The summed E-state index contributed by atoms with van der Waals surface area (Å²) in [6.45, 7) is 4.73. The smallest absolute Gasteiger partial charge is 0.333 e. The number of ether oxygens (including phenoxy) is 2. The van der Waals surface area contributed by atoms with Gasteiger partial charge in [-0.15, -0.1) is 0 Å². The summed E-state index contributed by atoms with van der Waals surface area (Å²) in [5.41, 5.74) is -1.09. The fraction of sp³-hybridized carbons (Fsp3) is 0.556. The van der Waals surface area contributed by atoms with E-state index < -0.39 is 27.2 Å². The molecular formula is C18H24O6S. The van der Waals surface area contributed by atoms with E-state index in [-0.39, 0.29) is 23.2 Å². The van der Waals surface area contributed by atoms with Gasteiger partial charge in [-0.2, -0.15) is 0 Å². The molecule has 1 fully saturated rings. The molecule has 0 spiro atoms. The number of hydrogen-bond donors (Lipinski definition) is 0. The molecule has 1 aromatic carbocycles. The van der Waals surface area contributed by atoms with Crippen molar-refractivity contribution in [1.82, 2.24) is 0 Å². The lowest BCUT2D eigenvalue weighted by molar-refractivity contribution is -0.160. The van der Waals surface area contributed by atoms with Crippen LogP contribution in [-0.2, 0) is 24.1 Å². The minimum atomic E-state index is -3.33. The van der Waals surface area contributed by atoms with E-state index in [0.717, 1.165) is 19.1 Å². The summed E-state index contributed by atoms with van der Waals surface area (Å²) in [6.07, 6.45) is 3.33. The van der Waals surface area contributed by atoms with Crippen molar-refractivity contribution in [2.45, 2.75) is 50.2 Å². The molecule has 1 unspecified atom stereocenters. The Hall–Kier alpha value is -1.73. The van der Waals surface area contributed by atoms with Gasteiger partial charge < -0.3 is 9.47 Å². The highest BCUT2D eigenvalue weighted by molar-refractivity contribution is 7.90. The van der Waals surface area contributed by atoms with Crippen LogP contribution >= 0.6 is 0 Å². The maximum atomic E-state index is 12.6. The van der Waals surface area contributed by atoms with Crippen molar-refractivity contribution in [3.63, 3.8) is 0 Å². The third-order valence-corrected chi connectivity index (χ3v) is 5.34. The van der Waals surface area contributed by atoms with Crippen molar-refractivity contribution >= 4 is 21.6 Å². The van der Waals surface area contributed by atoms with Gasteiger partial charge >= 0.3 is 5.97 Å². The number of sulfone groups is 1. The molecule has 0 aromatic heterocycles. The molecule has 0 aliphatic heterocycles. The molecule has 25 heavy (non-hydrogen) atoms. The molecule has 0 heterocycles. The van der Waals surface area contributed by atoms with E-state index in [9.17, 15) is 18.0 Å². The first-order chi connectivity index (χ1) is 11.5. The second kappa shape index (κ2) is 7.25. The summed E-state index contributed by atoms with van der Waals surface area (Å²) >= 11 is 0. The highest BCUT2D eigenvalue weighted by Gasteiger charge is 2.34. The van der Waals surface area contributed by atoms with Crippen molar-refractivity contribution in [3.05, 3.63) is 29.8 Å². The molecule has 0 radical (unpaired) electrons. The minimum absolute atomic E-state index is 0.00917. The fourth-order valence-corrected chi connectivity index (χ4v) is 3.09. The average Bonchev–Trinajstić information content (AvgIpc) is 3.35. The second-order valence-electron chi connectivity index (χ2n) is 6.96. The van der Waals surface area contributed by atoms with Crippen LogP contribution < -0.4 is 0 Å². The van der Waals surface area contributed by atoms with Gasteiger partial charge in [-0.3, -0.25) is 4.79 Å². The van der Waals surface area contributed by atoms with Crippen LogP contribution in [-0.4, -0.2) is 44.7 Å². The minimum Gasteiger partial charge on any atom is -0.450 e. The molecule has 0 amide bonds. The topological polar surface area (TPSA) is 86.7 Å². The predicted octanol–water partition coefficient (Wildman–Crippen LogP) is 2.41. The van der Waals surface area contributed by atoms with E-state index in [4.69, 9.17) is 9.47 Å². The Morgan fingerprint density at radius 2 is 1.76 bits per heavy atom. The molecule has 1 aliphatic rings. The lowest BCUT2D eigenvalue weighted by Gasteiger charge is -2.24. The van der Waals surface area contributed by atoms with Gasteiger partial charge in [-0.25, -0.2) is 13.2 Å². The van der Waals surface area contributed by atoms with Crippen molar-refractivity contribution in [2.75, 3.05) is 12.9 Å².